The van der Waals surface area contributed by atoms with E-state index in [1.54, 1.807) is 4.68 Å². The second-order valence-corrected chi connectivity index (χ2v) is 4.07. The molecule has 0 aliphatic carbocycles. The molecule has 0 radical (unpaired) electrons. The van der Waals surface area contributed by atoms with Crippen molar-refractivity contribution in [3.05, 3.63) is 41.1 Å². The van der Waals surface area contributed by atoms with Crippen LogP contribution in [-0.4, -0.2) is 14.9 Å². The van der Waals surface area contributed by atoms with Gasteiger partial charge in [-0.15, -0.1) is 0 Å². The fourth-order valence-corrected chi connectivity index (χ4v) is 1.79. The Morgan fingerprint density at radius 1 is 1.44 bits per heavy atom. The van der Waals surface area contributed by atoms with E-state index < -0.39 is 6.10 Å². The van der Waals surface area contributed by atoms with Crippen LogP contribution < -0.4 is 0 Å². The first-order valence-electron chi connectivity index (χ1n) is 5.30. The van der Waals surface area contributed by atoms with Gasteiger partial charge in [-0.2, -0.15) is 5.10 Å². The molecule has 4 nitrogen and oxygen atoms in total. The normalized spacial score (nSPS) is 13.0. The van der Waals surface area contributed by atoms with Crippen molar-refractivity contribution in [1.29, 1.82) is 0 Å². The van der Waals surface area contributed by atoms with Crippen molar-refractivity contribution in [2.45, 2.75) is 26.4 Å². The highest BCUT2D eigenvalue weighted by Crippen LogP contribution is 2.20. The summed E-state index contributed by atoms with van der Waals surface area (Å²) >= 11 is 0. The van der Waals surface area contributed by atoms with Crippen molar-refractivity contribution in [3.63, 3.8) is 0 Å². The molecule has 86 valence electrons. The second-order valence-electron chi connectivity index (χ2n) is 4.07. The van der Waals surface area contributed by atoms with Crippen LogP contribution in [0.3, 0.4) is 0 Å². The van der Waals surface area contributed by atoms with E-state index in [0.29, 0.717) is 12.2 Å². The molecule has 0 aliphatic rings. The van der Waals surface area contributed by atoms with Gasteiger partial charge in [-0.05, 0) is 32.0 Å². The number of nitrogens with zero attached hydrogens (tertiary/aromatic N) is 2. The lowest BCUT2D eigenvalue weighted by atomic mass is 10.1. The van der Waals surface area contributed by atoms with E-state index in [1.807, 2.05) is 39.1 Å². The van der Waals surface area contributed by atoms with Gasteiger partial charge in [0.05, 0.1) is 5.69 Å². The lowest BCUT2D eigenvalue weighted by Crippen LogP contribution is -2.05. The summed E-state index contributed by atoms with van der Waals surface area (Å²) in [6, 6.07) is 5.63. The summed E-state index contributed by atoms with van der Waals surface area (Å²) in [6.45, 7) is 3.80. The molecule has 0 bridgehead atoms. The maximum atomic E-state index is 9.99. The minimum atomic E-state index is -0.608. The number of hydrogen-bond donors (Lipinski definition) is 1. The van der Waals surface area contributed by atoms with Crippen molar-refractivity contribution < 1.29 is 9.52 Å². The highest BCUT2D eigenvalue weighted by atomic mass is 16.4. The van der Waals surface area contributed by atoms with Gasteiger partial charge < -0.3 is 9.52 Å². The Hall–Kier alpha value is -1.55. The summed E-state index contributed by atoms with van der Waals surface area (Å²) < 4.78 is 7.17. The summed E-state index contributed by atoms with van der Waals surface area (Å²) in [5.74, 6) is 1.42. The maximum absolute atomic E-state index is 9.99. The van der Waals surface area contributed by atoms with E-state index in [1.165, 1.54) is 0 Å². The van der Waals surface area contributed by atoms with Crippen LogP contribution in [0.4, 0.5) is 0 Å². The molecule has 2 rings (SSSR count). The fourth-order valence-electron chi connectivity index (χ4n) is 1.79. The van der Waals surface area contributed by atoms with Gasteiger partial charge in [0.2, 0.25) is 0 Å². The van der Waals surface area contributed by atoms with Crippen LogP contribution in [0.25, 0.3) is 0 Å². The van der Waals surface area contributed by atoms with Gasteiger partial charge in [0.15, 0.2) is 0 Å². The number of aliphatic hydroxyl groups is 1. The van der Waals surface area contributed by atoms with Crippen LogP contribution in [0.1, 0.15) is 29.0 Å². The molecule has 4 heteroatoms. The van der Waals surface area contributed by atoms with Crippen LogP contribution >= 0.6 is 0 Å². The summed E-state index contributed by atoms with van der Waals surface area (Å²) in [5, 5.41) is 14.2. The van der Waals surface area contributed by atoms with E-state index in [4.69, 9.17) is 4.42 Å². The summed E-state index contributed by atoms with van der Waals surface area (Å²) in [6.07, 6.45) is -0.0897. The molecule has 16 heavy (non-hydrogen) atoms. The number of aryl methyl sites for hydroxylation is 3. The molecule has 0 amide bonds. The van der Waals surface area contributed by atoms with Gasteiger partial charge in [-0.1, -0.05) is 0 Å². The predicted molar refractivity (Wildman–Crippen MR) is 60.1 cm³/mol. The second kappa shape index (κ2) is 4.14. The number of hydrogen-bond acceptors (Lipinski definition) is 3. The average molecular weight is 220 g/mol. The van der Waals surface area contributed by atoms with E-state index in [0.717, 1.165) is 17.1 Å². The minimum Gasteiger partial charge on any atom is -0.464 e. The Morgan fingerprint density at radius 2 is 2.19 bits per heavy atom. The van der Waals surface area contributed by atoms with Crippen LogP contribution in [0.2, 0.25) is 0 Å². The van der Waals surface area contributed by atoms with Gasteiger partial charge in [-0.3, -0.25) is 4.68 Å². The molecule has 2 aromatic rings. The third kappa shape index (κ3) is 2.17. The monoisotopic (exact) mass is 220 g/mol. The number of aliphatic hydroxyl groups excluding tert-OH is 1. The van der Waals surface area contributed by atoms with E-state index in [-0.39, 0.29) is 0 Å². The lowest BCUT2D eigenvalue weighted by Gasteiger charge is -2.07. The largest absolute Gasteiger partial charge is 0.464 e. The molecule has 0 saturated carbocycles. The molecule has 2 heterocycles. The molecule has 2 aromatic heterocycles. The van der Waals surface area contributed by atoms with Crippen molar-refractivity contribution in [2.24, 2.45) is 7.05 Å². The number of furan rings is 1. The van der Waals surface area contributed by atoms with Gasteiger partial charge in [-0.25, -0.2) is 0 Å². The first kappa shape index (κ1) is 11.0. The average Bonchev–Trinajstić information content (AvgIpc) is 2.74. The van der Waals surface area contributed by atoms with Crippen molar-refractivity contribution >= 4 is 0 Å². The van der Waals surface area contributed by atoms with Crippen molar-refractivity contribution in [3.8, 4) is 0 Å². The number of rotatable bonds is 3. The van der Waals surface area contributed by atoms with Crippen molar-refractivity contribution in [2.75, 3.05) is 0 Å². The quantitative estimate of drug-likeness (QED) is 0.859. The predicted octanol–water partition coefficient (Wildman–Crippen LogP) is 1.91. The van der Waals surface area contributed by atoms with Crippen LogP contribution in [0, 0.1) is 13.8 Å². The molecule has 0 aliphatic heterocycles. The van der Waals surface area contributed by atoms with Crippen molar-refractivity contribution in [1.82, 2.24) is 9.78 Å². The Morgan fingerprint density at radius 3 is 2.69 bits per heavy atom. The molecular formula is C12H16N2O2. The Labute approximate surface area is 94.5 Å². The maximum Gasteiger partial charge on any atom is 0.133 e. The zero-order valence-electron chi connectivity index (χ0n) is 9.77. The third-order valence-electron chi connectivity index (χ3n) is 2.59. The Kier molecular flexibility index (Phi) is 2.83. The highest BCUT2D eigenvalue weighted by Gasteiger charge is 2.14. The standard InChI is InChI=1S/C12H16N2O2/c1-8-6-10(14(3)13-8)7-11(15)12-5-4-9(2)16-12/h4-6,11,15H,7H2,1-3H3. The highest BCUT2D eigenvalue weighted by molar-refractivity contribution is 5.14. The van der Waals surface area contributed by atoms with Crippen LogP contribution in [0.15, 0.2) is 22.6 Å². The summed E-state index contributed by atoms with van der Waals surface area (Å²) in [5.41, 5.74) is 1.96. The first-order chi connectivity index (χ1) is 7.56. The van der Waals surface area contributed by atoms with Crippen LogP contribution in [0.5, 0.6) is 0 Å². The van der Waals surface area contributed by atoms with Gasteiger partial charge >= 0.3 is 0 Å². The first-order valence-corrected chi connectivity index (χ1v) is 5.30. The SMILES string of the molecule is Cc1cc(CC(O)c2ccc(C)o2)n(C)n1. The molecule has 0 spiro atoms. The Balaban J connectivity index is 2.13. The molecular weight excluding hydrogens is 204 g/mol. The third-order valence-corrected chi connectivity index (χ3v) is 2.59. The molecule has 0 saturated heterocycles. The van der Waals surface area contributed by atoms with Crippen LogP contribution in [-0.2, 0) is 13.5 Å². The summed E-state index contributed by atoms with van der Waals surface area (Å²) in [4.78, 5) is 0. The van der Waals surface area contributed by atoms with Gasteiger partial charge in [0, 0.05) is 19.2 Å². The zero-order chi connectivity index (χ0) is 11.7. The molecule has 0 fully saturated rings. The summed E-state index contributed by atoms with van der Waals surface area (Å²) in [7, 11) is 1.88. The molecule has 1 unspecified atom stereocenters. The molecule has 1 N–H and O–H groups in total. The van der Waals surface area contributed by atoms with E-state index in [9.17, 15) is 5.11 Å². The van der Waals surface area contributed by atoms with Gasteiger partial charge in [0.25, 0.3) is 0 Å². The topological polar surface area (TPSA) is 51.2 Å². The van der Waals surface area contributed by atoms with E-state index >= 15 is 0 Å². The smallest absolute Gasteiger partial charge is 0.133 e. The minimum absolute atomic E-state index is 0.518. The van der Waals surface area contributed by atoms with Gasteiger partial charge in [0.1, 0.15) is 17.6 Å². The molecule has 0 aromatic carbocycles. The number of aromatic nitrogens is 2. The molecule has 1 atom stereocenters. The Bertz CT molecular complexity index is 485. The zero-order valence-corrected chi connectivity index (χ0v) is 9.77. The van der Waals surface area contributed by atoms with E-state index in [2.05, 4.69) is 5.10 Å². The lowest BCUT2D eigenvalue weighted by molar-refractivity contribution is 0.146. The fraction of sp³-hybridized carbons (Fsp3) is 0.417.